The van der Waals surface area contributed by atoms with Gasteiger partial charge in [0.1, 0.15) is 18.8 Å². The number of rotatable bonds is 10. The summed E-state index contributed by atoms with van der Waals surface area (Å²) >= 11 is 0. The third-order valence-corrected chi connectivity index (χ3v) is 4.67. The van der Waals surface area contributed by atoms with Crippen molar-refractivity contribution in [3.05, 3.63) is 60.2 Å². The fourth-order valence-electron chi connectivity index (χ4n) is 2.89. The number of anilines is 2. The highest BCUT2D eigenvalue weighted by atomic mass is 16.6. The highest BCUT2D eigenvalue weighted by molar-refractivity contribution is 5.96. The lowest BCUT2D eigenvalue weighted by Gasteiger charge is -2.27. The zero-order chi connectivity index (χ0) is 25.9. The molecule has 9 heteroatoms. The van der Waals surface area contributed by atoms with Crippen molar-refractivity contribution in [2.75, 3.05) is 30.3 Å². The van der Waals surface area contributed by atoms with Gasteiger partial charge in [-0.2, -0.15) is 0 Å². The van der Waals surface area contributed by atoms with Crippen molar-refractivity contribution in [2.45, 2.75) is 46.8 Å². The largest absolute Gasteiger partial charge is 0.445 e. The Morgan fingerprint density at radius 3 is 2.06 bits per heavy atom. The monoisotopic (exact) mass is 484 g/mol. The lowest BCUT2D eigenvalue weighted by molar-refractivity contribution is -0.115. The number of hydrogen-bond donors (Lipinski definition) is 4. The third-order valence-electron chi connectivity index (χ3n) is 4.67. The molecule has 2 aromatic carbocycles. The molecule has 2 aromatic rings. The van der Waals surface area contributed by atoms with Gasteiger partial charge in [-0.1, -0.05) is 56.3 Å². The number of carbonyl (C=O) groups is 3. The van der Waals surface area contributed by atoms with Crippen LogP contribution >= 0.6 is 0 Å². The van der Waals surface area contributed by atoms with Crippen LogP contribution in [0.4, 0.5) is 21.0 Å². The molecule has 0 aromatic heterocycles. The molecule has 2 rings (SSSR count). The molecule has 0 bridgehead atoms. The van der Waals surface area contributed by atoms with Gasteiger partial charge in [0.05, 0.1) is 11.4 Å². The maximum Gasteiger partial charge on any atom is 0.407 e. The average molecular weight is 485 g/mol. The summed E-state index contributed by atoms with van der Waals surface area (Å²) in [6.45, 7) is 10.3. The van der Waals surface area contributed by atoms with E-state index in [9.17, 15) is 14.4 Å². The number of amides is 3. The molecule has 0 fully saturated rings. The maximum absolute atomic E-state index is 12.4. The molecule has 190 valence electrons. The molecule has 0 spiro atoms. The van der Waals surface area contributed by atoms with E-state index in [1.54, 1.807) is 12.1 Å². The summed E-state index contributed by atoms with van der Waals surface area (Å²) < 4.78 is 10.4. The molecular formula is C26H36N4O5. The molecule has 0 radical (unpaired) electrons. The Morgan fingerprint density at radius 1 is 0.771 bits per heavy atom. The quantitative estimate of drug-likeness (QED) is 0.394. The van der Waals surface area contributed by atoms with Crippen LogP contribution in [0.25, 0.3) is 0 Å². The smallest absolute Gasteiger partial charge is 0.407 e. The number of hydrogen-bond acceptors (Lipinski definition) is 6. The molecule has 0 unspecified atom stereocenters. The van der Waals surface area contributed by atoms with Crippen LogP contribution in [0.1, 0.15) is 40.2 Å². The van der Waals surface area contributed by atoms with Gasteiger partial charge < -0.3 is 30.7 Å². The molecule has 0 saturated heterocycles. The number of benzene rings is 2. The van der Waals surface area contributed by atoms with Crippen LogP contribution in [0.3, 0.4) is 0 Å². The minimum atomic E-state index is -0.672. The zero-order valence-electron chi connectivity index (χ0n) is 21.1. The van der Waals surface area contributed by atoms with Crippen molar-refractivity contribution < 1.29 is 23.9 Å². The molecule has 4 N–H and O–H groups in total. The second-order valence-corrected chi connectivity index (χ2v) is 9.88. The first-order valence-corrected chi connectivity index (χ1v) is 11.5. The fourth-order valence-corrected chi connectivity index (χ4v) is 2.89. The molecule has 0 saturated carbocycles. The van der Waals surface area contributed by atoms with Gasteiger partial charge in [0.2, 0.25) is 5.91 Å². The Labute approximate surface area is 207 Å². The van der Waals surface area contributed by atoms with Crippen molar-refractivity contribution >= 4 is 29.5 Å². The van der Waals surface area contributed by atoms with Crippen LogP contribution in [-0.2, 0) is 20.9 Å². The van der Waals surface area contributed by atoms with Crippen molar-refractivity contribution in [1.82, 2.24) is 10.6 Å². The van der Waals surface area contributed by atoms with Gasteiger partial charge >= 0.3 is 12.2 Å². The van der Waals surface area contributed by atoms with E-state index in [0.717, 1.165) is 11.3 Å². The predicted octanol–water partition coefficient (Wildman–Crippen LogP) is 4.51. The topological polar surface area (TPSA) is 118 Å². The minimum Gasteiger partial charge on any atom is -0.445 e. The van der Waals surface area contributed by atoms with E-state index in [4.69, 9.17) is 9.47 Å². The van der Waals surface area contributed by atoms with Crippen molar-refractivity contribution in [3.63, 3.8) is 0 Å². The molecule has 0 aliphatic heterocycles. The Balaban J connectivity index is 1.80. The molecule has 0 atom stereocenters. The van der Waals surface area contributed by atoms with Crippen LogP contribution in [-0.4, -0.2) is 43.3 Å². The molecular weight excluding hydrogens is 448 g/mol. The Hall–Kier alpha value is -3.75. The van der Waals surface area contributed by atoms with Crippen LogP contribution in [0.15, 0.2) is 54.6 Å². The van der Waals surface area contributed by atoms with Gasteiger partial charge in [-0.15, -0.1) is 0 Å². The second-order valence-electron chi connectivity index (χ2n) is 9.88. The Bertz CT molecular complexity index is 987. The number of nitrogens with one attached hydrogen (secondary N) is 4. The van der Waals surface area contributed by atoms with Gasteiger partial charge in [-0.05, 0) is 43.9 Å². The van der Waals surface area contributed by atoms with E-state index in [2.05, 4.69) is 21.3 Å². The summed E-state index contributed by atoms with van der Waals surface area (Å²) in [6.07, 6.45) is -1.14. The van der Waals surface area contributed by atoms with E-state index in [0.29, 0.717) is 18.8 Å². The minimum absolute atomic E-state index is 0.125. The number of ether oxygens (including phenoxy) is 2. The molecule has 0 aliphatic rings. The van der Waals surface area contributed by atoms with Gasteiger partial charge in [0.25, 0.3) is 0 Å². The first-order valence-electron chi connectivity index (χ1n) is 11.5. The molecule has 35 heavy (non-hydrogen) atoms. The molecule has 0 aliphatic carbocycles. The van der Waals surface area contributed by atoms with Crippen molar-refractivity contribution in [1.29, 1.82) is 0 Å². The Kier molecular flexibility index (Phi) is 9.93. The van der Waals surface area contributed by atoms with E-state index in [-0.39, 0.29) is 24.5 Å². The lowest BCUT2D eigenvalue weighted by atomic mass is 9.93. The van der Waals surface area contributed by atoms with E-state index in [1.165, 1.54) is 0 Å². The average Bonchev–Trinajstić information content (AvgIpc) is 2.79. The summed E-state index contributed by atoms with van der Waals surface area (Å²) in [7, 11) is 0. The molecule has 3 amide bonds. The summed E-state index contributed by atoms with van der Waals surface area (Å²) in [5, 5.41) is 11.3. The van der Waals surface area contributed by atoms with E-state index >= 15 is 0 Å². The van der Waals surface area contributed by atoms with E-state index in [1.807, 2.05) is 77.1 Å². The highest BCUT2D eigenvalue weighted by Gasteiger charge is 2.22. The molecule has 9 nitrogen and oxygen atoms in total. The van der Waals surface area contributed by atoms with Gasteiger partial charge in [-0.25, -0.2) is 9.59 Å². The third kappa shape index (κ3) is 11.3. The van der Waals surface area contributed by atoms with Crippen LogP contribution < -0.4 is 21.3 Å². The summed E-state index contributed by atoms with van der Waals surface area (Å²) in [6, 6.07) is 16.5. The standard InChI is InChI=1S/C26H36N4O5/c1-25(2,3)35-24(33)29-18-26(4,5)17-28-20-13-9-10-14-21(20)30-22(31)15-27-23(32)34-16-19-11-7-6-8-12-19/h6-14,28H,15-18H2,1-5H3,(H,27,32)(H,29,33)(H,30,31). The van der Waals surface area contributed by atoms with Crippen LogP contribution in [0, 0.1) is 5.41 Å². The predicted molar refractivity (Wildman–Crippen MR) is 136 cm³/mol. The van der Waals surface area contributed by atoms with Crippen molar-refractivity contribution in [2.24, 2.45) is 5.41 Å². The summed E-state index contributed by atoms with van der Waals surface area (Å²) in [4.78, 5) is 36.2. The second kappa shape index (κ2) is 12.6. The van der Waals surface area contributed by atoms with Gasteiger partial charge in [0, 0.05) is 13.1 Å². The zero-order valence-corrected chi connectivity index (χ0v) is 21.1. The first-order chi connectivity index (χ1) is 16.4. The number of para-hydroxylation sites is 2. The normalized spacial score (nSPS) is 11.2. The Morgan fingerprint density at radius 2 is 1.40 bits per heavy atom. The SMILES string of the molecule is CC(C)(CNC(=O)OC(C)(C)C)CNc1ccccc1NC(=O)CNC(=O)OCc1ccccc1. The lowest BCUT2D eigenvalue weighted by Crippen LogP contribution is -2.40. The summed E-state index contributed by atoms with van der Waals surface area (Å²) in [5.41, 5.74) is 1.30. The number of carbonyl (C=O) groups excluding carboxylic acids is 3. The van der Waals surface area contributed by atoms with E-state index < -0.39 is 17.8 Å². The summed E-state index contributed by atoms with van der Waals surface area (Å²) in [5.74, 6) is -0.387. The van der Waals surface area contributed by atoms with Crippen molar-refractivity contribution in [3.8, 4) is 0 Å². The maximum atomic E-state index is 12.4. The van der Waals surface area contributed by atoms with Crippen LogP contribution in [0.5, 0.6) is 0 Å². The first kappa shape index (κ1) is 27.5. The number of alkyl carbamates (subject to hydrolysis) is 2. The van der Waals surface area contributed by atoms with Gasteiger partial charge in [0.15, 0.2) is 0 Å². The highest BCUT2D eigenvalue weighted by Crippen LogP contribution is 2.23. The van der Waals surface area contributed by atoms with Gasteiger partial charge in [-0.3, -0.25) is 4.79 Å². The van der Waals surface area contributed by atoms with Crippen LogP contribution in [0.2, 0.25) is 0 Å². The molecule has 0 heterocycles. The fraction of sp³-hybridized carbons (Fsp3) is 0.423.